The number of nitrogens with zero attached hydrogens (tertiary/aromatic N) is 1. The first kappa shape index (κ1) is 16.4. The summed E-state index contributed by atoms with van der Waals surface area (Å²) in [5.41, 5.74) is 4.46. The first-order chi connectivity index (χ1) is 10.1. The molecule has 0 bridgehead atoms. The van der Waals surface area contributed by atoms with Crippen LogP contribution in [0.1, 0.15) is 64.1 Å². The third kappa shape index (κ3) is 4.47. The number of hydrogen-bond acceptors (Lipinski definition) is 2. The lowest BCUT2D eigenvalue weighted by Crippen LogP contribution is -2.30. The van der Waals surface area contributed by atoms with Crippen LogP contribution in [0.4, 0.5) is 5.69 Å². The molecule has 1 unspecified atom stereocenters. The Morgan fingerprint density at radius 2 is 2.05 bits per heavy atom. The standard InChI is InChI=1S/C19H32N2/c1-5-20-16(4)17-10-11-19-18(14-17)9-7-13-21(19)12-6-8-15(2)3/h10-11,14-16,20H,5-9,12-13H2,1-4H3. The van der Waals surface area contributed by atoms with Crippen LogP contribution in [0.5, 0.6) is 0 Å². The molecule has 1 aromatic rings. The summed E-state index contributed by atoms with van der Waals surface area (Å²) in [7, 11) is 0. The number of aryl methyl sites for hydroxylation is 1. The van der Waals surface area contributed by atoms with Crippen LogP contribution in [0, 0.1) is 5.92 Å². The minimum absolute atomic E-state index is 0.455. The van der Waals surface area contributed by atoms with E-state index in [-0.39, 0.29) is 0 Å². The molecular formula is C19H32N2. The van der Waals surface area contributed by atoms with Crippen LogP contribution in [0.2, 0.25) is 0 Å². The lowest BCUT2D eigenvalue weighted by atomic mass is 9.96. The highest BCUT2D eigenvalue weighted by Gasteiger charge is 2.17. The van der Waals surface area contributed by atoms with Gasteiger partial charge >= 0.3 is 0 Å². The fourth-order valence-corrected chi connectivity index (χ4v) is 3.31. The molecule has 1 atom stereocenters. The molecule has 0 amide bonds. The molecule has 2 rings (SSSR count). The van der Waals surface area contributed by atoms with Gasteiger partial charge in [-0.2, -0.15) is 0 Å². The highest BCUT2D eigenvalue weighted by molar-refractivity contribution is 5.57. The van der Waals surface area contributed by atoms with Crippen LogP contribution in [0.25, 0.3) is 0 Å². The molecule has 0 radical (unpaired) electrons. The molecular weight excluding hydrogens is 256 g/mol. The normalized spacial score (nSPS) is 16.1. The molecule has 118 valence electrons. The van der Waals surface area contributed by atoms with Crippen LogP contribution in [-0.4, -0.2) is 19.6 Å². The summed E-state index contributed by atoms with van der Waals surface area (Å²) < 4.78 is 0. The largest absolute Gasteiger partial charge is 0.371 e. The predicted molar refractivity (Wildman–Crippen MR) is 93.1 cm³/mol. The maximum absolute atomic E-state index is 3.51. The third-order valence-electron chi connectivity index (χ3n) is 4.54. The van der Waals surface area contributed by atoms with E-state index >= 15 is 0 Å². The Morgan fingerprint density at radius 1 is 1.24 bits per heavy atom. The van der Waals surface area contributed by atoms with Gasteiger partial charge in [0.1, 0.15) is 0 Å². The van der Waals surface area contributed by atoms with Gasteiger partial charge in [-0.15, -0.1) is 0 Å². The summed E-state index contributed by atoms with van der Waals surface area (Å²) in [5.74, 6) is 0.817. The van der Waals surface area contributed by atoms with Gasteiger partial charge in [-0.1, -0.05) is 32.9 Å². The molecule has 0 saturated carbocycles. The van der Waals surface area contributed by atoms with Crippen molar-refractivity contribution in [1.29, 1.82) is 0 Å². The van der Waals surface area contributed by atoms with Gasteiger partial charge in [0, 0.05) is 24.8 Å². The molecule has 2 nitrogen and oxygen atoms in total. The average Bonchev–Trinajstić information content (AvgIpc) is 2.46. The Balaban J connectivity index is 2.05. The van der Waals surface area contributed by atoms with Crippen molar-refractivity contribution in [2.75, 3.05) is 24.5 Å². The topological polar surface area (TPSA) is 15.3 Å². The van der Waals surface area contributed by atoms with E-state index in [1.165, 1.54) is 50.0 Å². The van der Waals surface area contributed by atoms with E-state index in [1.54, 1.807) is 5.56 Å². The van der Waals surface area contributed by atoms with E-state index in [9.17, 15) is 0 Å². The minimum Gasteiger partial charge on any atom is -0.371 e. The molecule has 1 aromatic carbocycles. The van der Waals surface area contributed by atoms with E-state index in [0.717, 1.165) is 12.5 Å². The van der Waals surface area contributed by atoms with Crippen molar-refractivity contribution in [1.82, 2.24) is 5.32 Å². The van der Waals surface area contributed by atoms with Crippen LogP contribution in [0.3, 0.4) is 0 Å². The zero-order chi connectivity index (χ0) is 15.2. The van der Waals surface area contributed by atoms with Gasteiger partial charge in [-0.3, -0.25) is 0 Å². The van der Waals surface area contributed by atoms with Gasteiger partial charge < -0.3 is 10.2 Å². The van der Waals surface area contributed by atoms with Gasteiger partial charge in [-0.05, 0) is 62.3 Å². The number of nitrogens with one attached hydrogen (secondary N) is 1. The van der Waals surface area contributed by atoms with Gasteiger partial charge in [0.2, 0.25) is 0 Å². The number of fused-ring (bicyclic) bond motifs is 1. The Kier molecular flexibility index (Phi) is 6.10. The number of anilines is 1. The molecule has 1 aliphatic heterocycles. The van der Waals surface area contributed by atoms with Crippen LogP contribution in [0.15, 0.2) is 18.2 Å². The van der Waals surface area contributed by atoms with E-state index in [4.69, 9.17) is 0 Å². The van der Waals surface area contributed by atoms with Crippen molar-refractivity contribution in [2.45, 2.75) is 59.4 Å². The molecule has 0 saturated heterocycles. The highest BCUT2D eigenvalue weighted by atomic mass is 15.1. The SMILES string of the molecule is CCNC(C)c1ccc2c(c1)CCCN2CCCC(C)C. The number of benzene rings is 1. The maximum atomic E-state index is 3.51. The smallest absolute Gasteiger partial charge is 0.0398 e. The zero-order valence-corrected chi connectivity index (χ0v) is 14.3. The molecule has 21 heavy (non-hydrogen) atoms. The van der Waals surface area contributed by atoms with Crippen LogP contribution in [-0.2, 0) is 6.42 Å². The Morgan fingerprint density at radius 3 is 2.76 bits per heavy atom. The molecule has 2 heteroatoms. The first-order valence-electron chi connectivity index (χ1n) is 8.73. The summed E-state index contributed by atoms with van der Waals surface area (Å²) >= 11 is 0. The lowest BCUT2D eigenvalue weighted by Gasteiger charge is -2.32. The fourth-order valence-electron chi connectivity index (χ4n) is 3.31. The van der Waals surface area contributed by atoms with Crippen molar-refractivity contribution in [3.05, 3.63) is 29.3 Å². The zero-order valence-electron chi connectivity index (χ0n) is 14.3. The molecule has 1 aliphatic rings. The lowest BCUT2D eigenvalue weighted by molar-refractivity contribution is 0.542. The summed E-state index contributed by atoms with van der Waals surface area (Å²) in [6, 6.07) is 7.55. The molecule has 0 aromatic heterocycles. The van der Waals surface area contributed by atoms with Crippen molar-refractivity contribution in [3.8, 4) is 0 Å². The molecule has 0 spiro atoms. The Bertz CT molecular complexity index is 439. The quantitative estimate of drug-likeness (QED) is 0.792. The second-order valence-corrected chi connectivity index (χ2v) is 6.79. The van der Waals surface area contributed by atoms with Gasteiger partial charge in [0.05, 0.1) is 0 Å². The van der Waals surface area contributed by atoms with Gasteiger partial charge in [0.15, 0.2) is 0 Å². The number of hydrogen-bond donors (Lipinski definition) is 1. The molecule has 0 aliphatic carbocycles. The van der Waals surface area contributed by atoms with E-state index in [1.807, 2.05) is 0 Å². The second kappa shape index (κ2) is 7.84. The summed E-state index contributed by atoms with van der Waals surface area (Å²) in [4.78, 5) is 2.60. The van der Waals surface area contributed by atoms with Crippen molar-refractivity contribution in [3.63, 3.8) is 0 Å². The van der Waals surface area contributed by atoms with Crippen molar-refractivity contribution >= 4 is 5.69 Å². The summed E-state index contributed by atoms with van der Waals surface area (Å²) in [6.07, 6.45) is 5.18. The molecule has 1 heterocycles. The first-order valence-corrected chi connectivity index (χ1v) is 8.73. The fraction of sp³-hybridized carbons (Fsp3) is 0.684. The Hall–Kier alpha value is -1.02. The van der Waals surface area contributed by atoms with Crippen LogP contribution >= 0.6 is 0 Å². The van der Waals surface area contributed by atoms with Crippen LogP contribution < -0.4 is 10.2 Å². The van der Waals surface area contributed by atoms with E-state index < -0.39 is 0 Å². The van der Waals surface area contributed by atoms with Gasteiger partial charge in [-0.25, -0.2) is 0 Å². The minimum atomic E-state index is 0.455. The Labute approximate surface area is 130 Å². The molecule has 0 fully saturated rings. The van der Waals surface area contributed by atoms with Gasteiger partial charge in [0.25, 0.3) is 0 Å². The number of rotatable bonds is 7. The second-order valence-electron chi connectivity index (χ2n) is 6.79. The highest BCUT2D eigenvalue weighted by Crippen LogP contribution is 2.30. The summed E-state index contributed by atoms with van der Waals surface area (Å²) in [5, 5.41) is 3.51. The predicted octanol–water partition coefficient (Wildman–Crippen LogP) is 4.55. The summed E-state index contributed by atoms with van der Waals surface area (Å²) in [6.45, 7) is 12.5. The van der Waals surface area contributed by atoms with Crippen molar-refractivity contribution in [2.24, 2.45) is 5.92 Å². The third-order valence-corrected chi connectivity index (χ3v) is 4.54. The maximum Gasteiger partial charge on any atom is 0.0398 e. The van der Waals surface area contributed by atoms with E-state index in [0.29, 0.717) is 6.04 Å². The monoisotopic (exact) mass is 288 g/mol. The molecule has 1 N–H and O–H groups in total. The van der Waals surface area contributed by atoms with Crippen molar-refractivity contribution < 1.29 is 0 Å². The average molecular weight is 288 g/mol. The van der Waals surface area contributed by atoms with E-state index in [2.05, 4.69) is 56.1 Å².